The number of benzene rings is 1. The molecule has 0 unspecified atom stereocenters. The molecule has 0 bridgehead atoms. The summed E-state index contributed by atoms with van der Waals surface area (Å²) in [6, 6.07) is 9.22. The maximum absolute atomic E-state index is 12.9. The summed E-state index contributed by atoms with van der Waals surface area (Å²) in [6.07, 6.45) is -7.26. The van der Waals surface area contributed by atoms with Crippen molar-refractivity contribution in [2.75, 3.05) is 11.9 Å². The van der Waals surface area contributed by atoms with Crippen LogP contribution in [0.1, 0.15) is 11.4 Å². The summed E-state index contributed by atoms with van der Waals surface area (Å²) >= 11 is 0. The van der Waals surface area contributed by atoms with Crippen LogP contribution in [0.3, 0.4) is 0 Å². The lowest BCUT2D eigenvalue weighted by Crippen LogP contribution is -2.13. The van der Waals surface area contributed by atoms with Gasteiger partial charge in [0.2, 0.25) is 0 Å². The van der Waals surface area contributed by atoms with E-state index >= 15 is 0 Å². The summed E-state index contributed by atoms with van der Waals surface area (Å²) in [5.41, 5.74) is 0.642. The van der Waals surface area contributed by atoms with Crippen molar-refractivity contribution < 1.29 is 26.7 Å². The highest BCUT2D eigenvalue weighted by Gasteiger charge is 2.37. The summed E-state index contributed by atoms with van der Waals surface area (Å²) in [5, 5.41) is 13.2. The van der Waals surface area contributed by atoms with Crippen molar-refractivity contribution in [2.45, 2.75) is 19.1 Å². The molecule has 0 atom stereocenters. The lowest BCUT2D eigenvalue weighted by molar-refractivity contribution is -0.146. The Morgan fingerprint density at radius 1 is 1.12 bits per heavy atom. The van der Waals surface area contributed by atoms with Crippen LogP contribution in [0.5, 0.6) is 5.75 Å². The SMILES string of the molecule is FC(F)COc1cccc(CNc2ccc3nnc(C(F)(F)F)n3n2)c1. The fourth-order valence-electron chi connectivity index (χ4n) is 2.16. The van der Waals surface area contributed by atoms with E-state index < -0.39 is 25.0 Å². The Morgan fingerprint density at radius 2 is 1.92 bits per heavy atom. The van der Waals surface area contributed by atoms with Gasteiger partial charge in [0.15, 0.2) is 5.65 Å². The van der Waals surface area contributed by atoms with Crippen molar-refractivity contribution in [3.8, 4) is 5.75 Å². The first-order chi connectivity index (χ1) is 12.3. The van der Waals surface area contributed by atoms with Gasteiger partial charge in [-0.25, -0.2) is 8.78 Å². The summed E-state index contributed by atoms with van der Waals surface area (Å²) in [4.78, 5) is 0. The molecule has 0 saturated heterocycles. The predicted octanol–water partition coefficient (Wildman–Crippen LogP) is 3.40. The number of halogens is 5. The summed E-state index contributed by atoms with van der Waals surface area (Å²) < 4.78 is 68.4. The van der Waals surface area contributed by atoms with Crippen molar-refractivity contribution in [1.29, 1.82) is 0 Å². The fourth-order valence-corrected chi connectivity index (χ4v) is 2.16. The number of nitrogens with one attached hydrogen (secondary N) is 1. The first-order valence-electron chi connectivity index (χ1n) is 7.36. The first kappa shape index (κ1) is 17.8. The van der Waals surface area contributed by atoms with Crippen LogP contribution in [0.4, 0.5) is 27.8 Å². The zero-order valence-corrected chi connectivity index (χ0v) is 13.0. The first-order valence-corrected chi connectivity index (χ1v) is 7.36. The molecule has 0 amide bonds. The Labute approximate surface area is 143 Å². The number of ether oxygens (including phenoxy) is 1. The molecule has 26 heavy (non-hydrogen) atoms. The van der Waals surface area contributed by atoms with E-state index in [0.717, 1.165) is 0 Å². The Bertz CT molecular complexity index is 896. The van der Waals surface area contributed by atoms with Gasteiger partial charge in [0.25, 0.3) is 12.2 Å². The van der Waals surface area contributed by atoms with Crippen LogP contribution in [-0.4, -0.2) is 32.8 Å². The third-order valence-electron chi connectivity index (χ3n) is 3.26. The van der Waals surface area contributed by atoms with Gasteiger partial charge in [-0.3, -0.25) is 0 Å². The van der Waals surface area contributed by atoms with Crippen molar-refractivity contribution >= 4 is 11.5 Å². The molecule has 1 N–H and O–H groups in total. The van der Waals surface area contributed by atoms with E-state index in [1.807, 2.05) is 0 Å². The third-order valence-corrected chi connectivity index (χ3v) is 3.26. The van der Waals surface area contributed by atoms with Crippen LogP contribution in [0.2, 0.25) is 0 Å². The number of hydrogen-bond acceptors (Lipinski definition) is 5. The maximum atomic E-state index is 12.9. The van der Waals surface area contributed by atoms with Gasteiger partial charge in [-0.15, -0.1) is 15.3 Å². The molecular weight excluding hydrogens is 361 g/mol. The summed E-state index contributed by atoms with van der Waals surface area (Å²) in [5.74, 6) is -0.786. The Hall–Kier alpha value is -2.98. The van der Waals surface area contributed by atoms with Gasteiger partial charge in [0, 0.05) is 6.54 Å². The van der Waals surface area contributed by atoms with Crippen LogP contribution in [0, 0.1) is 0 Å². The Kier molecular flexibility index (Phi) is 4.87. The van der Waals surface area contributed by atoms with Crippen molar-refractivity contribution in [2.24, 2.45) is 0 Å². The molecule has 3 aromatic rings. The monoisotopic (exact) mass is 373 g/mol. The molecule has 6 nitrogen and oxygen atoms in total. The van der Waals surface area contributed by atoms with E-state index in [1.54, 1.807) is 18.2 Å². The molecule has 0 aliphatic rings. The molecule has 11 heteroatoms. The summed E-state index contributed by atoms with van der Waals surface area (Å²) in [6.45, 7) is -0.517. The molecule has 0 saturated carbocycles. The number of fused-ring (bicyclic) bond motifs is 1. The number of anilines is 1. The highest BCUT2D eigenvalue weighted by molar-refractivity contribution is 5.44. The van der Waals surface area contributed by atoms with Gasteiger partial charge < -0.3 is 10.1 Å². The molecule has 0 radical (unpaired) electrons. The average Bonchev–Trinajstić information content (AvgIpc) is 3.02. The van der Waals surface area contributed by atoms with E-state index in [-0.39, 0.29) is 23.8 Å². The van der Waals surface area contributed by atoms with Gasteiger partial charge in [0.05, 0.1) is 0 Å². The Morgan fingerprint density at radius 3 is 2.65 bits per heavy atom. The van der Waals surface area contributed by atoms with E-state index in [4.69, 9.17) is 4.74 Å². The van der Waals surface area contributed by atoms with E-state index in [0.29, 0.717) is 10.1 Å². The minimum Gasteiger partial charge on any atom is -0.488 e. The zero-order valence-electron chi connectivity index (χ0n) is 13.0. The number of nitrogens with zero attached hydrogens (tertiary/aromatic N) is 4. The normalized spacial score (nSPS) is 11.9. The van der Waals surface area contributed by atoms with Crippen LogP contribution in [-0.2, 0) is 12.7 Å². The lowest BCUT2D eigenvalue weighted by atomic mass is 10.2. The standard InChI is InChI=1S/C15H12F5N5O/c16-11(17)8-26-10-3-1-2-9(6-10)7-21-12-4-5-13-22-23-14(15(18,19)20)25(13)24-12/h1-6,11H,7-8H2,(H,21,24). The highest BCUT2D eigenvalue weighted by Crippen LogP contribution is 2.27. The van der Waals surface area contributed by atoms with E-state index in [9.17, 15) is 22.0 Å². The van der Waals surface area contributed by atoms with E-state index in [1.165, 1.54) is 18.2 Å². The highest BCUT2D eigenvalue weighted by atomic mass is 19.4. The maximum Gasteiger partial charge on any atom is 0.453 e. The smallest absolute Gasteiger partial charge is 0.453 e. The second-order valence-electron chi connectivity index (χ2n) is 5.21. The average molecular weight is 373 g/mol. The van der Waals surface area contributed by atoms with Crippen molar-refractivity contribution in [3.63, 3.8) is 0 Å². The lowest BCUT2D eigenvalue weighted by Gasteiger charge is -2.09. The summed E-state index contributed by atoms with van der Waals surface area (Å²) in [7, 11) is 0. The quantitative estimate of drug-likeness (QED) is 0.671. The van der Waals surface area contributed by atoms with E-state index in [2.05, 4.69) is 20.6 Å². The van der Waals surface area contributed by atoms with Gasteiger partial charge in [-0.05, 0) is 29.8 Å². The van der Waals surface area contributed by atoms with Crippen LogP contribution in [0.25, 0.3) is 5.65 Å². The molecule has 2 heterocycles. The molecule has 2 aromatic heterocycles. The minimum absolute atomic E-state index is 0.0368. The van der Waals surface area contributed by atoms with Crippen LogP contribution in [0.15, 0.2) is 36.4 Å². The molecule has 138 valence electrons. The predicted molar refractivity (Wildman–Crippen MR) is 81.1 cm³/mol. The minimum atomic E-state index is -4.68. The Balaban J connectivity index is 1.73. The van der Waals surface area contributed by atoms with Crippen LogP contribution < -0.4 is 10.1 Å². The number of aromatic nitrogens is 4. The number of rotatable bonds is 6. The second kappa shape index (κ2) is 7.10. The van der Waals surface area contributed by atoms with Crippen molar-refractivity contribution in [1.82, 2.24) is 19.8 Å². The van der Waals surface area contributed by atoms with Crippen LogP contribution >= 0.6 is 0 Å². The van der Waals surface area contributed by atoms with Crippen molar-refractivity contribution in [3.05, 3.63) is 47.8 Å². The topological polar surface area (TPSA) is 64.3 Å². The molecular formula is C15H12F5N5O. The second-order valence-corrected chi connectivity index (χ2v) is 5.21. The molecule has 0 aliphatic heterocycles. The molecule has 0 fully saturated rings. The van der Waals surface area contributed by atoms with Gasteiger partial charge in [-0.2, -0.15) is 17.7 Å². The fraction of sp³-hybridized carbons (Fsp3) is 0.267. The molecule has 0 aliphatic carbocycles. The molecule has 0 spiro atoms. The van der Waals surface area contributed by atoms with Gasteiger partial charge in [0.1, 0.15) is 18.2 Å². The number of hydrogen-bond donors (Lipinski definition) is 1. The largest absolute Gasteiger partial charge is 0.488 e. The van der Waals surface area contributed by atoms with Gasteiger partial charge in [-0.1, -0.05) is 12.1 Å². The molecule has 3 rings (SSSR count). The number of alkyl halides is 5. The molecule has 1 aromatic carbocycles. The zero-order chi connectivity index (χ0) is 18.7. The third kappa shape index (κ3) is 4.16. The van der Waals surface area contributed by atoms with Gasteiger partial charge >= 0.3 is 6.18 Å².